The third-order valence-corrected chi connectivity index (χ3v) is 4.60. The highest BCUT2D eigenvalue weighted by molar-refractivity contribution is 6.01. The van der Waals surface area contributed by atoms with Gasteiger partial charge in [-0.25, -0.2) is 0 Å². The summed E-state index contributed by atoms with van der Waals surface area (Å²) < 4.78 is 0. The summed E-state index contributed by atoms with van der Waals surface area (Å²) in [6.45, 7) is 14.8. The van der Waals surface area contributed by atoms with Crippen molar-refractivity contribution in [2.75, 3.05) is 0 Å². The van der Waals surface area contributed by atoms with E-state index in [1.165, 1.54) is 27.8 Å². The maximum Gasteiger partial charge on any atom is 0.166 e. The lowest BCUT2D eigenvalue weighted by atomic mass is 9.83. The second-order valence-corrected chi connectivity index (χ2v) is 5.38. The zero-order chi connectivity index (χ0) is 14.0. The van der Waals surface area contributed by atoms with E-state index in [-0.39, 0.29) is 5.92 Å². The Morgan fingerprint density at radius 2 is 1.11 bits per heavy atom. The van der Waals surface area contributed by atoms with Crippen LogP contribution in [0, 0.1) is 40.5 Å². The van der Waals surface area contributed by atoms with Gasteiger partial charge in [-0.1, -0.05) is 13.8 Å². The van der Waals surface area contributed by atoms with E-state index >= 15 is 0 Å². The molecule has 0 atom stereocenters. The van der Waals surface area contributed by atoms with Crippen LogP contribution in [0.3, 0.4) is 0 Å². The number of carbonyl (C=O) groups excluding carboxylic acids is 1. The molecule has 1 heteroatoms. The summed E-state index contributed by atoms with van der Waals surface area (Å²) in [5.41, 5.74) is 7.19. The zero-order valence-electron chi connectivity index (χ0n) is 12.9. The lowest BCUT2D eigenvalue weighted by molar-refractivity contribution is 0.0912. The molecule has 0 aliphatic rings. The second kappa shape index (κ2) is 5.69. The molecular formula is C17H26O. The first kappa shape index (κ1) is 14.9. The molecule has 0 N–H and O–H groups in total. The summed E-state index contributed by atoms with van der Waals surface area (Å²) in [4.78, 5) is 12.7. The molecule has 0 radical (unpaired) electrons. The first-order valence-corrected chi connectivity index (χ1v) is 6.97. The zero-order valence-corrected chi connectivity index (χ0v) is 12.9. The molecule has 0 heterocycles. The summed E-state index contributed by atoms with van der Waals surface area (Å²) in [5.74, 6) is 0.505. The number of carbonyl (C=O) groups is 1. The van der Waals surface area contributed by atoms with Crippen LogP contribution in [0.4, 0.5) is 0 Å². The monoisotopic (exact) mass is 246 g/mol. The summed E-state index contributed by atoms with van der Waals surface area (Å²) in [6, 6.07) is 0. The Kier molecular flexibility index (Phi) is 4.72. The molecule has 0 fully saturated rings. The molecule has 0 aliphatic heterocycles. The lowest BCUT2D eigenvalue weighted by Gasteiger charge is -2.20. The van der Waals surface area contributed by atoms with Crippen LogP contribution in [0.25, 0.3) is 0 Å². The highest BCUT2D eigenvalue weighted by atomic mass is 16.1. The minimum Gasteiger partial charge on any atom is -0.294 e. The number of hydrogen-bond acceptors (Lipinski definition) is 1. The number of benzene rings is 1. The van der Waals surface area contributed by atoms with Gasteiger partial charge in [-0.15, -0.1) is 0 Å². The molecule has 18 heavy (non-hydrogen) atoms. The van der Waals surface area contributed by atoms with Crippen molar-refractivity contribution < 1.29 is 4.79 Å². The van der Waals surface area contributed by atoms with Gasteiger partial charge in [-0.2, -0.15) is 0 Å². The van der Waals surface area contributed by atoms with Crippen molar-refractivity contribution in [2.24, 2.45) is 5.92 Å². The van der Waals surface area contributed by atoms with Gasteiger partial charge in [0.15, 0.2) is 5.78 Å². The van der Waals surface area contributed by atoms with Gasteiger partial charge >= 0.3 is 0 Å². The van der Waals surface area contributed by atoms with Gasteiger partial charge in [0, 0.05) is 11.5 Å². The van der Waals surface area contributed by atoms with Gasteiger partial charge in [0.25, 0.3) is 0 Å². The van der Waals surface area contributed by atoms with Crippen LogP contribution < -0.4 is 0 Å². The first-order valence-electron chi connectivity index (χ1n) is 6.97. The smallest absolute Gasteiger partial charge is 0.166 e. The SMILES string of the molecule is CCC(CC)C(=O)c1c(C)c(C)c(C)c(C)c1C. The van der Waals surface area contributed by atoms with Crippen LogP contribution in [0.1, 0.15) is 64.9 Å². The van der Waals surface area contributed by atoms with Crippen molar-refractivity contribution in [1.82, 2.24) is 0 Å². The Hall–Kier alpha value is -1.11. The average molecular weight is 246 g/mol. The maximum atomic E-state index is 12.7. The van der Waals surface area contributed by atoms with E-state index in [0.717, 1.165) is 18.4 Å². The Bertz CT molecular complexity index is 436. The van der Waals surface area contributed by atoms with Crippen LogP contribution in [0.2, 0.25) is 0 Å². The van der Waals surface area contributed by atoms with Crippen LogP contribution in [-0.4, -0.2) is 5.78 Å². The summed E-state index contributed by atoms with van der Waals surface area (Å²) in [7, 11) is 0. The van der Waals surface area contributed by atoms with Crippen LogP contribution >= 0.6 is 0 Å². The van der Waals surface area contributed by atoms with E-state index in [1.54, 1.807) is 0 Å². The lowest BCUT2D eigenvalue weighted by Crippen LogP contribution is -2.17. The third kappa shape index (κ3) is 2.36. The molecule has 0 amide bonds. The number of Topliss-reactive ketones (excluding diaryl/α,β-unsaturated/α-hetero) is 1. The Balaban J connectivity index is 3.46. The molecular weight excluding hydrogens is 220 g/mol. The van der Waals surface area contributed by atoms with Gasteiger partial charge in [0.1, 0.15) is 0 Å². The fourth-order valence-corrected chi connectivity index (χ4v) is 2.73. The van der Waals surface area contributed by atoms with Gasteiger partial charge in [-0.3, -0.25) is 4.79 Å². The van der Waals surface area contributed by atoms with Crippen molar-refractivity contribution in [1.29, 1.82) is 0 Å². The fourth-order valence-electron chi connectivity index (χ4n) is 2.73. The van der Waals surface area contributed by atoms with Crippen LogP contribution in [-0.2, 0) is 0 Å². The van der Waals surface area contributed by atoms with E-state index in [9.17, 15) is 4.79 Å². The van der Waals surface area contributed by atoms with E-state index in [0.29, 0.717) is 5.78 Å². The largest absolute Gasteiger partial charge is 0.294 e. The van der Waals surface area contributed by atoms with Crippen molar-refractivity contribution in [3.63, 3.8) is 0 Å². The number of ketones is 1. The van der Waals surface area contributed by atoms with E-state index in [4.69, 9.17) is 0 Å². The molecule has 1 rings (SSSR count). The molecule has 1 aromatic carbocycles. The quantitative estimate of drug-likeness (QED) is 0.694. The predicted molar refractivity (Wildman–Crippen MR) is 78.5 cm³/mol. The van der Waals surface area contributed by atoms with E-state index in [2.05, 4.69) is 48.5 Å². The Morgan fingerprint density at radius 1 is 0.778 bits per heavy atom. The number of hydrogen-bond donors (Lipinski definition) is 0. The van der Waals surface area contributed by atoms with E-state index < -0.39 is 0 Å². The van der Waals surface area contributed by atoms with Gasteiger partial charge in [0.05, 0.1) is 0 Å². The third-order valence-electron chi connectivity index (χ3n) is 4.60. The summed E-state index contributed by atoms with van der Waals surface area (Å²) >= 11 is 0. The summed E-state index contributed by atoms with van der Waals surface area (Å²) in [6.07, 6.45) is 1.86. The molecule has 0 spiro atoms. The highest BCUT2D eigenvalue weighted by Gasteiger charge is 2.22. The Morgan fingerprint density at radius 3 is 1.44 bits per heavy atom. The molecule has 1 nitrogen and oxygen atoms in total. The fraction of sp³-hybridized carbons (Fsp3) is 0.588. The minimum atomic E-state index is 0.170. The minimum absolute atomic E-state index is 0.170. The van der Waals surface area contributed by atoms with Crippen LogP contribution in [0.15, 0.2) is 0 Å². The molecule has 0 bridgehead atoms. The average Bonchev–Trinajstić information content (AvgIpc) is 2.36. The molecule has 0 saturated carbocycles. The molecule has 1 aromatic rings. The Labute approximate surface area is 112 Å². The molecule has 0 unspecified atom stereocenters. The van der Waals surface area contributed by atoms with Crippen LogP contribution in [0.5, 0.6) is 0 Å². The first-order chi connectivity index (χ1) is 8.36. The van der Waals surface area contributed by atoms with Crippen molar-refractivity contribution in [3.05, 3.63) is 33.4 Å². The molecule has 0 saturated heterocycles. The molecule has 0 aromatic heterocycles. The van der Waals surface area contributed by atoms with Gasteiger partial charge < -0.3 is 0 Å². The molecule has 100 valence electrons. The van der Waals surface area contributed by atoms with Crippen molar-refractivity contribution in [3.8, 4) is 0 Å². The standard InChI is InChI=1S/C17H26O/c1-8-15(9-2)17(18)16-13(6)11(4)10(3)12(5)14(16)7/h15H,8-9H2,1-7H3. The second-order valence-electron chi connectivity index (χ2n) is 5.38. The summed E-state index contributed by atoms with van der Waals surface area (Å²) in [5, 5.41) is 0. The highest BCUT2D eigenvalue weighted by Crippen LogP contribution is 2.29. The topological polar surface area (TPSA) is 17.1 Å². The number of rotatable bonds is 4. The van der Waals surface area contributed by atoms with Gasteiger partial charge in [-0.05, 0) is 75.3 Å². The van der Waals surface area contributed by atoms with Crippen molar-refractivity contribution >= 4 is 5.78 Å². The molecule has 0 aliphatic carbocycles. The predicted octanol–water partition coefficient (Wildman–Crippen LogP) is 4.85. The van der Waals surface area contributed by atoms with Crippen molar-refractivity contribution in [2.45, 2.75) is 61.3 Å². The normalized spacial score (nSPS) is 11.1. The maximum absolute atomic E-state index is 12.7. The van der Waals surface area contributed by atoms with Gasteiger partial charge in [0.2, 0.25) is 0 Å². The van der Waals surface area contributed by atoms with E-state index in [1.807, 2.05) is 0 Å².